The number of ether oxygens (including phenoxy) is 1. The summed E-state index contributed by atoms with van der Waals surface area (Å²) < 4.78 is 5.70. The summed E-state index contributed by atoms with van der Waals surface area (Å²) in [5, 5.41) is 3.18. The maximum atomic E-state index is 5.70. The van der Waals surface area contributed by atoms with Crippen LogP contribution in [0.2, 0.25) is 0 Å². The van der Waals surface area contributed by atoms with E-state index in [1.165, 1.54) is 0 Å². The quantitative estimate of drug-likeness (QED) is 0.805. The summed E-state index contributed by atoms with van der Waals surface area (Å²) in [7, 11) is 0. The van der Waals surface area contributed by atoms with Crippen molar-refractivity contribution in [3.63, 3.8) is 0 Å². The zero-order valence-electron chi connectivity index (χ0n) is 10.6. The molecule has 90 valence electrons. The molecule has 0 radical (unpaired) electrons. The van der Waals surface area contributed by atoms with E-state index in [2.05, 4.69) is 22.2 Å². The van der Waals surface area contributed by atoms with E-state index < -0.39 is 0 Å². The van der Waals surface area contributed by atoms with Gasteiger partial charge in [0.05, 0.1) is 6.10 Å². The molecule has 0 saturated carbocycles. The molecular formula is C12H21N3O. The fraction of sp³-hybridized carbons (Fsp3) is 0.667. The van der Waals surface area contributed by atoms with Crippen molar-refractivity contribution in [1.29, 1.82) is 0 Å². The van der Waals surface area contributed by atoms with Crippen molar-refractivity contribution < 1.29 is 4.74 Å². The number of aryl methyl sites for hydroxylation is 1. The third-order valence-electron chi connectivity index (χ3n) is 2.32. The number of hydrogen-bond donors (Lipinski definition) is 1. The number of anilines is 1. The highest BCUT2D eigenvalue weighted by molar-refractivity contribution is 5.38. The van der Waals surface area contributed by atoms with E-state index in [4.69, 9.17) is 4.74 Å². The normalized spacial score (nSPS) is 12.2. The van der Waals surface area contributed by atoms with Crippen molar-refractivity contribution in [3.8, 4) is 5.88 Å². The molecule has 0 aromatic carbocycles. The van der Waals surface area contributed by atoms with Gasteiger partial charge in [0.15, 0.2) is 0 Å². The lowest BCUT2D eigenvalue weighted by Gasteiger charge is -2.13. The Balaban J connectivity index is 2.85. The molecule has 1 atom stereocenters. The summed E-state index contributed by atoms with van der Waals surface area (Å²) in [5.41, 5.74) is 0. The van der Waals surface area contributed by atoms with Gasteiger partial charge in [-0.3, -0.25) is 0 Å². The standard InChI is InChI=1S/C12H21N3O/c1-5-9(4)16-12-8-11(13-7-3)14-10(6-2)15-12/h8-9H,5-7H2,1-4H3,(H,13,14,15). The number of nitrogens with zero attached hydrogens (tertiary/aromatic N) is 2. The van der Waals surface area contributed by atoms with Crippen molar-refractivity contribution >= 4 is 5.82 Å². The molecule has 0 spiro atoms. The maximum absolute atomic E-state index is 5.70. The second-order valence-electron chi connectivity index (χ2n) is 3.73. The van der Waals surface area contributed by atoms with E-state index in [0.29, 0.717) is 5.88 Å². The van der Waals surface area contributed by atoms with Gasteiger partial charge < -0.3 is 10.1 Å². The average Bonchev–Trinajstić information content (AvgIpc) is 2.29. The molecule has 1 heterocycles. The number of aromatic nitrogens is 2. The van der Waals surface area contributed by atoms with Crippen LogP contribution in [-0.4, -0.2) is 22.6 Å². The first-order chi connectivity index (χ1) is 7.69. The Kier molecular flexibility index (Phi) is 5.02. The molecule has 0 fully saturated rings. The van der Waals surface area contributed by atoms with E-state index in [9.17, 15) is 0 Å². The topological polar surface area (TPSA) is 47.0 Å². The highest BCUT2D eigenvalue weighted by atomic mass is 16.5. The molecular weight excluding hydrogens is 202 g/mol. The SMILES string of the molecule is CCNc1cc(OC(C)CC)nc(CC)n1. The van der Waals surface area contributed by atoms with Gasteiger partial charge in [-0.1, -0.05) is 13.8 Å². The fourth-order valence-electron chi connectivity index (χ4n) is 1.25. The minimum absolute atomic E-state index is 0.189. The minimum Gasteiger partial charge on any atom is -0.475 e. The van der Waals surface area contributed by atoms with Crippen molar-refractivity contribution in [3.05, 3.63) is 11.9 Å². The fourth-order valence-corrected chi connectivity index (χ4v) is 1.25. The van der Waals surface area contributed by atoms with Crippen LogP contribution in [0.4, 0.5) is 5.82 Å². The Hall–Kier alpha value is -1.32. The van der Waals surface area contributed by atoms with Crippen LogP contribution in [0.5, 0.6) is 5.88 Å². The van der Waals surface area contributed by atoms with E-state index in [1.807, 2.05) is 26.8 Å². The molecule has 0 aliphatic carbocycles. The van der Waals surface area contributed by atoms with E-state index in [0.717, 1.165) is 31.0 Å². The molecule has 1 N–H and O–H groups in total. The van der Waals surface area contributed by atoms with Gasteiger partial charge in [0.1, 0.15) is 11.6 Å². The van der Waals surface area contributed by atoms with Gasteiger partial charge in [0.2, 0.25) is 5.88 Å². The number of hydrogen-bond acceptors (Lipinski definition) is 4. The minimum atomic E-state index is 0.189. The van der Waals surface area contributed by atoms with Crippen LogP contribution in [0.25, 0.3) is 0 Å². The lowest BCUT2D eigenvalue weighted by Crippen LogP contribution is -2.12. The zero-order valence-corrected chi connectivity index (χ0v) is 10.6. The van der Waals surface area contributed by atoms with Gasteiger partial charge in [-0.25, -0.2) is 4.98 Å². The molecule has 4 heteroatoms. The van der Waals surface area contributed by atoms with E-state index in [1.54, 1.807) is 0 Å². The Morgan fingerprint density at radius 1 is 1.31 bits per heavy atom. The first-order valence-corrected chi connectivity index (χ1v) is 5.98. The largest absolute Gasteiger partial charge is 0.475 e. The third-order valence-corrected chi connectivity index (χ3v) is 2.32. The Labute approximate surface area is 97.5 Å². The van der Waals surface area contributed by atoms with Crippen LogP contribution in [0.15, 0.2) is 6.07 Å². The Bertz CT molecular complexity index is 328. The molecule has 0 aliphatic rings. The number of nitrogens with one attached hydrogen (secondary N) is 1. The molecule has 1 aromatic heterocycles. The average molecular weight is 223 g/mol. The second-order valence-corrected chi connectivity index (χ2v) is 3.73. The van der Waals surface area contributed by atoms with Gasteiger partial charge >= 0.3 is 0 Å². The van der Waals surface area contributed by atoms with Crippen LogP contribution in [0, 0.1) is 0 Å². The summed E-state index contributed by atoms with van der Waals surface area (Å²) in [6, 6.07) is 1.86. The highest BCUT2D eigenvalue weighted by Crippen LogP contribution is 2.15. The maximum Gasteiger partial charge on any atom is 0.218 e. The van der Waals surface area contributed by atoms with Crippen molar-refractivity contribution in [2.75, 3.05) is 11.9 Å². The summed E-state index contributed by atoms with van der Waals surface area (Å²) in [5.74, 6) is 2.32. The van der Waals surface area contributed by atoms with Gasteiger partial charge in [0, 0.05) is 19.0 Å². The van der Waals surface area contributed by atoms with Crippen LogP contribution < -0.4 is 10.1 Å². The number of rotatable bonds is 6. The van der Waals surface area contributed by atoms with E-state index >= 15 is 0 Å². The predicted molar refractivity (Wildman–Crippen MR) is 66.0 cm³/mol. The van der Waals surface area contributed by atoms with Crippen molar-refractivity contribution in [2.45, 2.75) is 46.6 Å². The monoisotopic (exact) mass is 223 g/mol. The third kappa shape index (κ3) is 3.68. The molecule has 0 aliphatic heterocycles. The summed E-state index contributed by atoms with van der Waals surface area (Å²) in [6.07, 6.45) is 1.98. The molecule has 4 nitrogen and oxygen atoms in total. The lowest BCUT2D eigenvalue weighted by atomic mass is 10.3. The molecule has 16 heavy (non-hydrogen) atoms. The smallest absolute Gasteiger partial charge is 0.218 e. The van der Waals surface area contributed by atoms with Crippen LogP contribution in [-0.2, 0) is 6.42 Å². The first-order valence-electron chi connectivity index (χ1n) is 5.98. The summed E-state index contributed by atoms with van der Waals surface area (Å²) >= 11 is 0. The molecule has 0 bridgehead atoms. The van der Waals surface area contributed by atoms with Crippen molar-refractivity contribution in [1.82, 2.24) is 9.97 Å². The Morgan fingerprint density at radius 3 is 2.62 bits per heavy atom. The van der Waals surface area contributed by atoms with Crippen LogP contribution in [0.1, 0.15) is 39.9 Å². The van der Waals surface area contributed by atoms with Gasteiger partial charge in [-0.05, 0) is 20.3 Å². The van der Waals surface area contributed by atoms with Gasteiger partial charge in [0.25, 0.3) is 0 Å². The zero-order chi connectivity index (χ0) is 12.0. The lowest BCUT2D eigenvalue weighted by molar-refractivity contribution is 0.208. The predicted octanol–water partition coefficient (Wildman–Crippen LogP) is 2.65. The molecule has 0 saturated heterocycles. The highest BCUT2D eigenvalue weighted by Gasteiger charge is 2.06. The molecule has 1 unspecified atom stereocenters. The molecule has 0 amide bonds. The molecule has 1 aromatic rings. The first kappa shape index (κ1) is 12.7. The summed E-state index contributed by atoms with van der Waals surface area (Å²) in [6.45, 7) is 9.07. The summed E-state index contributed by atoms with van der Waals surface area (Å²) in [4.78, 5) is 8.72. The second kappa shape index (κ2) is 6.30. The van der Waals surface area contributed by atoms with Crippen molar-refractivity contribution in [2.24, 2.45) is 0 Å². The van der Waals surface area contributed by atoms with Gasteiger partial charge in [-0.2, -0.15) is 4.98 Å². The molecule has 1 rings (SSSR count). The van der Waals surface area contributed by atoms with Crippen LogP contribution >= 0.6 is 0 Å². The van der Waals surface area contributed by atoms with Crippen LogP contribution in [0.3, 0.4) is 0 Å². The Morgan fingerprint density at radius 2 is 2.06 bits per heavy atom. The van der Waals surface area contributed by atoms with Gasteiger partial charge in [-0.15, -0.1) is 0 Å². The van der Waals surface area contributed by atoms with E-state index in [-0.39, 0.29) is 6.10 Å².